The molecule has 0 bridgehead atoms. The fourth-order valence-corrected chi connectivity index (χ4v) is 9.65. The summed E-state index contributed by atoms with van der Waals surface area (Å²) in [4.78, 5) is 46.6. The standard InChI is InChI=1S/C33H44N2O5S/c1-31(2,3)21-32(4,5)34-17-12-16-33-26(25-24(41-33)15-10-7-11-18-40-30(25)39)28(37)35(27(33)29(34)38)23(20-36)19-22-13-8-6-9-14-22/h6,8-10,12-16,23-27,36H,7,11,17-21H2,1-5H3/b15-10-/t23-,24-,25+,26+,27?,33+/m1/s1. The third-order valence-electron chi connectivity index (χ3n) is 8.90. The summed E-state index contributed by atoms with van der Waals surface area (Å²) >= 11 is 1.55. The molecule has 4 aliphatic rings. The van der Waals surface area contributed by atoms with Crippen LogP contribution in [-0.2, 0) is 25.5 Å². The number of rotatable bonds is 6. The first-order valence-electron chi connectivity index (χ1n) is 14.9. The van der Waals surface area contributed by atoms with Crippen molar-refractivity contribution in [1.29, 1.82) is 0 Å². The number of ether oxygens (including phenoxy) is 1. The van der Waals surface area contributed by atoms with Crippen LogP contribution < -0.4 is 0 Å². The van der Waals surface area contributed by atoms with Gasteiger partial charge in [0.25, 0.3) is 0 Å². The van der Waals surface area contributed by atoms with Crippen molar-refractivity contribution in [1.82, 2.24) is 9.80 Å². The number of allylic oxidation sites excluding steroid dienone is 1. The van der Waals surface area contributed by atoms with Gasteiger partial charge in [-0.3, -0.25) is 14.4 Å². The zero-order chi connectivity index (χ0) is 29.6. The normalized spacial score (nSPS) is 31.8. The number of carbonyl (C=O) groups is 3. The number of fused-ring (bicyclic) bond motifs is 2. The van der Waals surface area contributed by atoms with Gasteiger partial charge >= 0.3 is 5.97 Å². The van der Waals surface area contributed by atoms with Crippen molar-refractivity contribution in [3.05, 3.63) is 60.2 Å². The first-order chi connectivity index (χ1) is 19.4. The second-order valence-corrected chi connectivity index (χ2v) is 15.2. The predicted octanol–water partition coefficient (Wildman–Crippen LogP) is 4.39. The van der Waals surface area contributed by atoms with Gasteiger partial charge in [-0.2, -0.15) is 0 Å². The molecule has 2 amide bonds. The minimum atomic E-state index is -0.942. The van der Waals surface area contributed by atoms with Crippen molar-refractivity contribution in [2.75, 3.05) is 19.8 Å². The van der Waals surface area contributed by atoms with Gasteiger partial charge in [-0.15, -0.1) is 11.8 Å². The number of amides is 2. The van der Waals surface area contributed by atoms with Gasteiger partial charge in [0, 0.05) is 17.3 Å². The van der Waals surface area contributed by atoms with Crippen molar-refractivity contribution >= 4 is 29.5 Å². The summed E-state index contributed by atoms with van der Waals surface area (Å²) in [5, 5.41) is 10.4. The van der Waals surface area contributed by atoms with E-state index in [9.17, 15) is 19.5 Å². The summed E-state index contributed by atoms with van der Waals surface area (Å²) in [5.41, 5.74) is 0.475. The van der Waals surface area contributed by atoms with Gasteiger partial charge in [-0.05, 0) is 50.5 Å². The Morgan fingerprint density at radius 2 is 1.80 bits per heavy atom. The van der Waals surface area contributed by atoms with E-state index >= 15 is 0 Å². The smallest absolute Gasteiger partial charge is 0.311 e. The highest BCUT2D eigenvalue weighted by Crippen LogP contribution is 2.61. The van der Waals surface area contributed by atoms with E-state index in [0.29, 0.717) is 19.6 Å². The molecule has 5 rings (SSSR count). The lowest BCUT2D eigenvalue weighted by Crippen LogP contribution is -2.60. The van der Waals surface area contributed by atoms with E-state index in [1.165, 1.54) is 0 Å². The van der Waals surface area contributed by atoms with E-state index in [1.54, 1.807) is 16.7 Å². The van der Waals surface area contributed by atoms with Crippen molar-refractivity contribution in [3.63, 3.8) is 0 Å². The van der Waals surface area contributed by atoms with E-state index in [1.807, 2.05) is 53.5 Å². The molecule has 2 saturated heterocycles. The van der Waals surface area contributed by atoms with E-state index in [-0.39, 0.29) is 35.1 Å². The molecule has 6 atom stereocenters. The average Bonchev–Trinajstić information content (AvgIpc) is 3.31. The van der Waals surface area contributed by atoms with Crippen LogP contribution in [0.2, 0.25) is 0 Å². The zero-order valence-electron chi connectivity index (χ0n) is 24.9. The lowest BCUT2D eigenvalue weighted by atomic mass is 9.78. The highest BCUT2D eigenvalue weighted by Gasteiger charge is 2.72. The number of aliphatic hydroxyl groups excluding tert-OH is 1. The Kier molecular flexibility index (Phi) is 8.20. The molecule has 0 aliphatic carbocycles. The van der Waals surface area contributed by atoms with Crippen LogP contribution in [0.5, 0.6) is 0 Å². The fraction of sp³-hybridized carbons (Fsp3) is 0.606. The first-order valence-corrected chi connectivity index (χ1v) is 15.7. The Balaban J connectivity index is 1.63. The van der Waals surface area contributed by atoms with Gasteiger partial charge in [-0.1, -0.05) is 75.4 Å². The molecule has 1 N–H and O–H groups in total. The molecular weight excluding hydrogens is 536 g/mol. The molecule has 1 aromatic rings. The van der Waals surface area contributed by atoms with Gasteiger partial charge in [0.2, 0.25) is 11.8 Å². The number of thioether (sulfide) groups is 1. The highest BCUT2D eigenvalue weighted by molar-refractivity contribution is 8.02. The lowest BCUT2D eigenvalue weighted by Gasteiger charge is -2.45. The molecule has 41 heavy (non-hydrogen) atoms. The lowest BCUT2D eigenvalue weighted by molar-refractivity contribution is -0.154. The topological polar surface area (TPSA) is 87.2 Å². The van der Waals surface area contributed by atoms with Crippen molar-refractivity contribution in [2.24, 2.45) is 17.3 Å². The predicted molar refractivity (Wildman–Crippen MR) is 161 cm³/mol. The van der Waals surface area contributed by atoms with Gasteiger partial charge < -0.3 is 19.6 Å². The van der Waals surface area contributed by atoms with E-state index < -0.39 is 34.2 Å². The Bertz CT molecular complexity index is 1220. The molecule has 4 aliphatic heterocycles. The van der Waals surface area contributed by atoms with Crippen molar-refractivity contribution in [2.45, 2.75) is 87.9 Å². The van der Waals surface area contributed by atoms with Gasteiger partial charge in [0.1, 0.15) is 6.04 Å². The Hall–Kier alpha value is -2.58. The molecule has 0 radical (unpaired) electrons. The summed E-state index contributed by atoms with van der Waals surface area (Å²) < 4.78 is 4.74. The number of esters is 1. The van der Waals surface area contributed by atoms with Gasteiger partial charge in [-0.25, -0.2) is 0 Å². The maximum atomic E-state index is 14.9. The van der Waals surface area contributed by atoms with Gasteiger partial charge in [0.15, 0.2) is 0 Å². The van der Waals surface area contributed by atoms with Crippen molar-refractivity contribution < 1.29 is 24.2 Å². The summed E-state index contributed by atoms with van der Waals surface area (Å²) in [6.07, 6.45) is 10.9. The first kappa shape index (κ1) is 29.9. The third-order valence-corrected chi connectivity index (χ3v) is 10.6. The minimum Gasteiger partial charge on any atom is -0.465 e. The molecule has 4 heterocycles. The van der Waals surface area contributed by atoms with E-state index in [4.69, 9.17) is 4.74 Å². The van der Waals surface area contributed by atoms with Gasteiger partial charge in [0.05, 0.1) is 35.8 Å². The number of nitrogens with zero attached hydrogens (tertiary/aromatic N) is 2. The largest absolute Gasteiger partial charge is 0.465 e. The van der Waals surface area contributed by atoms with Crippen molar-refractivity contribution in [3.8, 4) is 0 Å². The van der Waals surface area contributed by atoms with Crippen LogP contribution in [0.25, 0.3) is 0 Å². The number of likely N-dealkylation sites (tertiary alicyclic amines) is 1. The number of benzene rings is 1. The fourth-order valence-electron chi connectivity index (χ4n) is 7.66. The van der Waals surface area contributed by atoms with Crippen LogP contribution in [0.3, 0.4) is 0 Å². The third kappa shape index (κ3) is 5.50. The summed E-state index contributed by atoms with van der Waals surface area (Å²) in [6, 6.07) is 8.28. The van der Waals surface area contributed by atoms with Crippen LogP contribution in [-0.4, -0.2) is 80.1 Å². The van der Waals surface area contributed by atoms with Crippen LogP contribution in [0, 0.1) is 17.3 Å². The molecule has 2 fully saturated rings. The second-order valence-electron chi connectivity index (χ2n) is 13.8. The maximum absolute atomic E-state index is 14.9. The molecule has 7 nitrogen and oxygen atoms in total. The number of hydrogen-bond acceptors (Lipinski definition) is 6. The van der Waals surface area contributed by atoms with Crippen LogP contribution in [0.4, 0.5) is 0 Å². The Morgan fingerprint density at radius 1 is 1.07 bits per heavy atom. The SMILES string of the molecule is CC(C)(C)CC(C)(C)N1CC=C[C@]23S[C@@H]4/C=C\CCCOC(=O)[C@@H]4[C@H]2C(=O)N([C@@H](CO)Cc2ccccc2)C3C1=O. The molecule has 8 heteroatoms. The number of carbonyl (C=O) groups excluding carboxylic acids is 3. The summed E-state index contributed by atoms with van der Waals surface area (Å²) in [7, 11) is 0. The van der Waals surface area contributed by atoms with Crippen LogP contribution in [0.1, 0.15) is 59.4 Å². The highest BCUT2D eigenvalue weighted by atomic mass is 32.2. The maximum Gasteiger partial charge on any atom is 0.311 e. The molecule has 1 spiro atoms. The van der Waals surface area contributed by atoms with E-state index in [0.717, 1.165) is 24.8 Å². The molecular formula is C33H44N2O5S. The number of aliphatic hydroxyl groups is 1. The molecule has 222 valence electrons. The minimum absolute atomic E-state index is 0.0211. The molecule has 0 aromatic heterocycles. The average molecular weight is 581 g/mol. The monoisotopic (exact) mass is 580 g/mol. The number of cyclic esters (lactones) is 1. The number of hydrogen-bond donors (Lipinski definition) is 1. The quantitative estimate of drug-likeness (QED) is 0.397. The van der Waals surface area contributed by atoms with E-state index in [2.05, 4.69) is 40.7 Å². The Morgan fingerprint density at radius 3 is 2.49 bits per heavy atom. The zero-order valence-corrected chi connectivity index (χ0v) is 25.7. The molecule has 0 saturated carbocycles. The molecule has 1 unspecified atom stereocenters. The molecule has 1 aromatic carbocycles. The van der Waals surface area contributed by atoms with Crippen LogP contribution in [0.15, 0.2) is 54.6 Å². The summed E-state index contributed by atoms with van der Waals surface area (Å²) in [6.45, 7) is 11.1. The Labute approximate surface area is 248 Å². The second kappa shape index (κ2) is 11.3. The van der Waals surface area contributed by atoms with Crippen LogP contribution >= 0.6 is 11.8 Å². The summed E-state index contributed by atoms with van der Waals surface area (Å²) in [5.74, 6) is -2.19.